The standard InChI is InChI=1S/C17H24N4O3/c1-17(2,3)14(10-24-16(19)22)21-9-11(8-20-21)12-6-5-7-13(18)15(12)23-4/h5-9,14H,10,18H2,1-4H3,(H2,19,22). The van der Waals surface area contributed by atoms with E-state index in [2.05, 4.69) is 5.10 Å². The molecular weight excluding hydrogens is 308 g/mol. The predicted molar refractivity (Wildman–Crippen MR) is 92.7 cm³/mol. The quantitative estimate of drug-likeness (QED) is 0.819. The molecule has 0 aliphatic heterocycles. The number of ether oxygens (including phenoxy) is 2. The van der Waals surface area contributed by atoms with Crippen molar-refractivity contribution in [3.05, 3.63) is 30.6 Å². The fourth-order valence-electron chi connectivity index (χ4n) is 2.54. The van der Waals surface area contributed by atoms with Crippen LogP contribution in [-0.4, -0.2) is 29.6 Å². The molecule has 4 N–H and O–H groups in total. The van der Waals surface area contributed by atoms with E-state index < -0.39 is 6.09 Å². The second-order valence-corrected chi connectivity index (χ2v) is 6.65. The van der Waals surface area contributed by atoms with Crippen LogP contribution in [0.1, 0.15) is 26.8 Å². The Morgan fingerprint density at radius 1 is 1.38 bits per heavy atom. The van der Waals surface area contributed by atoms with Crippen LogP contribution in [0.15, 0.2) is 30.6 Å². The second kappa shape index (κ2) is 6.82. The molecule has 1 atom stereocenters. The van der Waals surface area contributed by atoms with Gasteiger partial charge in [0, 0.05) is 17.3 Å². The topological polar surface area (TPSA) is 105 Å². The van der Waals surface area contributed by atoms with Crippen molar-refractivity contribution in [2.75, 3.05) is 19.5 Å². The number of nitrogens with zero attached hydrogens (tertiary/aromatic N) is 2. The van der Waals surface area contributed by atoms with Crippen molar-refractivity contribution >= 4 is 11.8 Å². The molecule has 0 aliphatic rings. The summed E-state index contributed by atoms with van der Waals surface area (Å²) in [7, 11) is 1.58. The summed E-state index contributed by atoms with van der Waals surface area (Å²) in [6.45, 7) is 6.29. The van der Waals surface area contributed by atoms with E-state index >= 15 is 0 Å². The zero-order chi connectivity index (χ0) is 17.9. The number of anilines is 1. The third-order valence-electron chi connectivity index (χ3n) is 3.86. The average Bonchev–Trinajstić information content (AvgIpc) is 2.94. The maximum atomic E-state index is 10.9. The molecule has 7 nitrogen and oxygen atoms in total. The molecular formula is C17H24N4O3. The zero-order valence-corrected chi connectivity index (χ0v) is 14.4. The number of aromatic nitrogens is 2. The summed E-state index contributed by atoms with van der Waals surface area (Å²) in [5.41, 5.74) is 13.2. The minimum absolute atomic E-state index is 0.147. The van der Waals surface area contributed by atoms with E-state index in [1.165, 1.54) is 0 Å². The fourth-order valence-corrected chi connectivity index (χ4v) is 2.54. The first-order valence-corrected chi connectivity index (χ1v) is 7.63. The summed E-state index contributed by atoms with van der Waals surface area (Å²) in [6.07, 6.45) is 2.83. The summed E-state index contributed by atoms with van der Waals surface area (Å²) in [5.74, 6) is 0.609. The molecule has 0 saturated heterocycles. The van der Waals surface area contributed by atoms with Crippen molar-refractivity contribution in [3.63, 3.8) is 0 Å². The van der Waals surface area contributed by atoms with E-state index in [0.29, 0.717) is 11.4 Å². The Hall–Kier alpha value is -2.70. The molecule has 1 unspecified atom stereocenters. The van der Waals surface area contributed by atoms with Crippen LogP contribution in [-0.2, 0) is 4.74 Å². The molecule has 0 radical (unpaired) electrons. The van der Waals surface area contributed by atoms with Gasteiger partial charge in [-0.1, -0.05) is 32.9 Å². The number of carbonyl (C=O) groups excluding carboxylic acids is 1. The van der Waals surface area contributed by atoms with E-state index in [4.69, 9.17) is 20.9 Å². The van der Waals surface area contributed by atoms with E-state index in [0.717, 1.165) is 11.1 Å². The third-order valence-corrected chi connectivity index (χ3v) is 3.86. The van der Waals surface area contributed by atoms with Crippen LogP contribution in [0.25, 0.3) is 11.1 Å². The maximum absolute atomic E-state index is 10.9. The number of hydrogen-bond acceptors (Lipinski definition) is 5. The van der Waals surface area contributed by atoms with E-state index in [1.54, 1.807) is 24.1 Å². The van der Waals surface area contributed by atoms with Gasteiger partial charge in [-0.05, 0) is 11.5 Å². The molecule has 130 valence electrons. The Kier molecular flexibility index (Phi) is 5.02. The third kappa shape index (κ3) is 3.79. The van der Waals surface area contributed by atoms with Crippen LogP contribution in [0, 0.1) is 5.41 Å². The molecule has 1 amide bonds. The van der Waals surface area contributed by atoms with Crippen molar-refractivity contribution < 1.29 is 14.3 Å². The van der Waals surface area contributed by atoms with Gasteiger partial charge in [-0.15, -0.1) is 0 Å². The van der Waals surface area contributed by atoms with E-state index in [1.807, 2.05) is 39.1 Å². The molecule has 0 fully saturated rings. The van der Waals surface area contributed by atoms with Gasteiger partial charge in [0.1, 0.15) is 12.4 Å². The SMILES string of the molecule is COc1c(N)cccc1-c1cnn(C(COC(N)=O)C(C)(C)C)c1. The summed E-state index contributed by atoms with van der Waals surface area (Å²) in [5, 5.41) is 4.43. The number of rotatable bonds is 5. The molecule has 2 rings (SSSR count). The molecule has 1 aromatic heterocycles. The van der Waals surface area contributed by atoms with Gasteiger partial charge in [0.15, 0.2) is 0 Å². The number of benzene rings is 1. The molecule has 2 aromatic rings. The summed E-state index contributed by atoms with van der Waals surface area (Å²) in [4.78, 5) is 10.9. The van der Waals surface area contributed by atoms with Crippen LogP contribution in [0.5, 0.6) is 5.75 Å². The number of nitrogen functional groups attached to an aromatic ring is 1. The highest BCUT2D eigenvalue weighted by Crippen LogP contribution is 2.36. The predicted octanol–water partition coefficient (Wildman–Crippen LogP) is 2.82. The number of amides is 1. The molecule has 1 aromatic carbocycles. The molecule has 0 saturated carbocycles. The van der Waals surface area contributed by atoms with Gasteiger partial charge in [-0.3, -0.25) is 4.68 Å². The first kappa shape index (κ1) is 17.7. The summed E-state index contributed by atoms with van der Waals surface area (Å²) < 4.78 is 12.2. The first-order chi connectivity index (χ1) is 11.2. The molecule has 0 bridgehead atoms. The van der Waals surface area contributed by atoms with Gasteiger partial charge >= 0.3 is 6.09 Å². The van der Waals surface area contributed by atoms with Crippen molar-refractivity contribution in [3.8, 4) is 16.9 Å². The molecule has 7 heteroatoms. The number of carbonyl (C=O) groups is 1. The number of hydrogen-bond donors (Lipinski definition) is 2. The Balaban J connectivity index is 2.38. The van der Waals surface area contributed by atoms with Gasteiger partial charge in [0.05, 0.1) is 25.0 Å². The summed E-state index contributed by atoms with van der Waals surface area (Å²) in [6, 6.07) is 5.40. The van der Waals surface area contributed by atoms with Gasteiger partial charge in [-0.2, -0.15) is 5.10 Å². The average molecular weight is 332 g/mol. The van der Waals surface area contributed by atoms with E-state index in [-0.39, 0.29) is 18.1 Å². The molecule has 0 aliphatic carbocycles. The first-order valence-electron chi connectivity index (χ1n) is 7.63. The van der Waals surface area contributed by atoms with Crippen LogP contribution in [0.3, 0.4) is 0 Å². The Morgan fingerprint density at radius 2 is 2.08 bits per heavy atom. The minimum atomic E-state index is -0.797. The van der Waals surface area contributed by atoms with Crippen LogP contribution in [0.4, 0.5) is 10.5 Å². The summed E-state index contributed by atoms with van der Waals surface area (Å²) >= 11 is 0. The Bertz CT molecular complexity index is 719. The normalized spacial score (nSPS) is 12.7. The zero-order valence-electron chi connectivity index (χ0n) is 14.4. The van der Waals surface area contributed by atoms with E-state index in [9.17, 15) is 4.79 Å². The monoisotopic (exact) mass is 332 g/mol. The molecule has 24 heavy (non-hydrogen) atoms. The van der Waals surface area contributed by atoms with Crippen LogP contribution < -0.4 is 16.2 Å². The Morgan fingerprint density at radius 3 is 2.67 bits per heavy atom. The number of para-hydroxylation sites is 1. The molecule has 0 spiro atoms. The largest absolute Gasteiger partial charge is 0.494 e. The van der Waals surface area contributed by atoms with Crippen molar-refractivity contribution in [1.29, 1.82) is 0 Å². The van der Waals surface area contributed by atoms with Crippen LogP contribution >= 0.6 is 0 Å². The Labute approximate surface area is 141 Å². The van der Waals surface area contributed by atoms with Crippen molar-refractivity contribution in [2.45, 2.75) is 26.8 Å². The van der Waals surface area contributed by atoms with Gasteiger partial charge in [0.2, 0.25) is 0 Å². The highest BCUT2D eigenvalue weighted by atomic mass is 16.5. The number of primary amides is 1. The molecule has 1 heterocycles. The lowest BCUT2D eigenvalue weighted by Crippen LogP contribution is -2.31. The minimum Gasteiger partial charge on any atom is -0.494 e. The van der Waals surface area contributed by atoms with Gasteiger partial charge in [0.25, 0.3) is 0 Å². The van der Waals surface area contributed by atoms with Crippen molar-refractivity contribution in [2.24, 2.45) is 11.1 Å². The smallest absolute Gasteiger partial charge is 0.404 e. The van der Waals surface area contributed by atoms with Gasteiger partial charge in [-0.25, -0.2) is 4.79 Å². The lowest BCUT2D eigenvalue weighted by Gasteiger charge is -2.30. The maximum Gasteiger partial charge on any atom is 0.404 e. The highest BCUT2D eigenvalue weighted by molar-refractivity contribution is 5.76. The van der Waals surface area contributed by atoms with Gasteiger partial charge < -0.3 is 20.9 Å². The highest BCUT2D eigenvalue weighted by Gasteiger charge is 2.28. The lowest BCUT2D eigenvalue weighted by molar-refractivity contribution is 0.0944. The fraction of sp³-hybridized carbons (Fsp3) is 0.412. The second-order valence-electron chi connectivity index (χ2n) is 6.65. The number of methoxy groups -OCH3 is 1. The van der Waals surface area contributed by atoms with Crippen molar-refractivity contribution in [1.82, 2.24) is 9.78 Å². The number of nitrogens with two attached hydrogens (primary N) is 2. The van der Waals surface area contributed by atoms with Crippen LogP contribution in [0.2, 0.25) is 0 Å². The lowest BCUT2D eigenvalue weighted by atomic mass is 9.87.